The van der Waals surface area contributed by atoms with Crippen molar-refractivity contribution in [2.75, 3.05) is 40.4 Å². The fourth-order valence-electron chi connectivity index (χ4n) is 3.56. The largest absolute Gasteiger partial charge is 0.507 e. The van der Waals surface area contributed by atoms with E-state index in [2.05, 4.69) is 9.97 Å². The summed E-state index contributed by atoms with van der Waals surface area (Å²) >= 11 is 0. The molecule has 0 saturated heterocycles. The molecule has 0 spiro atoms. The second kappa shape index (κ2) is 15.7. The Morgan fingerprint density at radius 1 is 0.744 bits per heavy atom. The Labute approximate surface area is 253 Å². The molecule has 0 aliphatic heterocycles. The normalized spacial score (nSPS) is 11.1. The Kier molecular flexibility index (Phi) is 12.7. The number of rotatable bonds is 6. The molecule has 43 heavy (non-hydrogen) atoms. The van der Waals surface area contributed by atoms with Crippen LogP contribution >= 0.6 is 0 Å². The number of phenolic OH excluding ortho intramolecular Hbond substituents is 1. The first kappa shape index (κ1) is 34.8. The molecule has 11 nitrogen and oxygen atoms in total. The van der Waals surface area contributed by atoms with Crippen LogP contribution in [-0.4, -0.2) is 93.8 Å². The van der Waals surface area contributed by atoms with Crippen LogP contribution in [0.5, 0.6) is 11.5 Å². The number of fused-ring (bicyclic) bond motifs is 2. The van der Waals surface area contributed by atoms with E-state index in [0.717, 1.165) is 27.6 Å². The summed E-state index contributed by atoms with van der Waals surface area (Å²) in [5, 5.41) is 19.7. The molecular formula is C32H46N4O7. The van der Waals surface area contributed by atoms with Gasteiger partial charge in [0.05, 0.1) is 13.2 Å². The fourth-order valence-corrected chi connectivity index (χ4v) is 3.56. The van der Waals surface area contributed by atoms with Gasteiger partial charge in [-0.05, 0) is 77.9 Å². The molecule has 4 N–H and O–H groups in total. The highest BCUT2D eigenvalue weighted by Gasteiger charge is 2.20. The molecule has 2 amide bonds. The number of nitrogens with zero attached hydrogens (tertiary/aromatic N) is 2. The lowest BCUT2D eigenvalue weighted by Crippen LogP contribution is -2.36. The first-order chi connectivity index (χ1) is 20.1. The van der Waals surface area contributed by atoms with Crippen LogP contribution in [0.3, 0.4) is 0 Å². The van der Waals surface area contributed by atoms with Gasteiger partial charge in [0.2, 0.25) is 0 Å². The van der Waals surface area contributed by atoms with Crippen molar-refractivity contribution in [2.24, 2.45) is 0 Å². The van der Waals surface area contributed by atoms with Crippen molar-refractivity contribution in [3.63, 3.8) is 0 Å². The first-order valence-corrected chi connectivity index (χ1v) is 14.0. The van der Waals surface area contributed by atoms with Gasteiger partial charge in [0, 0.05) is 54.8 Å². The summed E-state index contributed by atoms with van der Waals surface area (Å²) in [5.41, 5.74) is 1.05. The van der Waals surface area contributed by atoms with Crippen molar-refractivity contribution in [1.82, 2.24) is 19.8 Å². The van der Waals surface area contributed by atoms with Crippen LogP contribution in [0.25, 0.3) is 21.8 Å². The van der Waals surface area contributed by atoms with Crippen LogP contribution < -0.4 is 4.74 Å². The number of aromatic nitrogens is 2. The van der Waals surface area contributed by atoms with Gasteiger partial charge in [-0.1, -0.05) is 12.1 Å². The highest BCUT2D eigenvalue weighted by atomic mass is 16.6. The smallest absolute Gasteiger partial charge is 0.410 e. The highest BCUT2D eigenvalue weighted by Crippen LogP contribution is 2.24. The van der Waals surface area contributed by atoms with E-state index in [1.54, 1.807) is 40.9 Å². The van der Waals surface area contributed by atoms with E-state index in [9.17, 15) is 14.7 Å². The van der Waals surface area contributed by atoms with Crippen molar-refractivity contribution in [2.45, 2.75) is 52.7 Å². The van der Waals surface area contributed by atoms with Gasteiger partial charge in [-0.3, -0.25) is 0 Å². The van der Waals surface area contributed by atoms with Gasteiger partial charge in [0.15, 0.2) is 0 Å². The monoisotopic (exact) mass is 598 g/mol. The SMILES string of the molecule is CN(CCO)C(=O)OC(C)(C)C.CN(CCOc1cccc2[nH]ccc12)C(=O)OC(C)(C)C.Oc1cccc2[nH]ccc12. The van der Waals surface area contributed by atoms with Gasteiger partial charge in [-0.2, -0.15) is 0 Å². The molecule has 4 aromatic rings. The predicted molar refractivity (Wildman–Crippen MR) is 169 cm³/mol. The summed E-state index contributed by atoms with van der Waals surface area (Å²) in [6, 6.07) is 15.1. The standard InChI is InChI=1S/C16H22N2O3.C8H17NO3.C8H7NO/c1-16(2,3)21-15(19)18(4)10-11-20-14-7-5-6-13-12(14)8-9-17-13;1-8(2,3)12-7(11)9(4)5-6-10;10-8-3-1-2-7-6(8)4-5-9-7/h5-9,17H,10-11H2,1-4H3;10H,5-6H2,1-4H3;1-5,9-10H. The molecule has 2 heterocycles. The van der Waals surface area contributed by atoms with Gasteiger partial charge in [0.1, 0.15) is 29.3 Å². The van der Waals surface area contributed by atoms with Crippen molar-refractivity contribution in [3.8, 4) is 11.5 Å². The van der Waals surface area contributed by atoms with Crippen molar-refractivity contribution in [3.05, 3.63) is 60.9 Å². The van der Waals surface area contributed by atoms with Crippen molar-refractivity contribution >= 4 is 34.0 Å². The Bertz CT molecular complexity index is 1430. The number of ether oxygens (including phenoxy) is 3. The van der Waals surface area contributed by atoms with Crippen LogP contribution in [0.15, 0.2) is 60.9 Å². The van der Waals surface area contributed by atoms with Crippen LogP contribution in [-0.2, 0) is 9.47 Å². The van der Waals surface area contributed by atoms with E-state index in [1.807, 2.05) is 75.6 Å². The Morgan fingerprint density at radius 3 is 1.74 bits per heavy atom. The van der Waals surface area contributed by atoms with E-state index in [4.69, 9.17) is 19.3 Å². The fraction of sp³-hybridized carbons (Fsp3) is 0.438. The van der Waals surface area contributed by atoms with Gasteiger partial charge in [-0.15, -0.1) is 0 Å². The molecule has 0 fully saturated rings. The predicted octanol–water partition coefficient (Wildman–Crippen LogP) is 6.13. The van der Waals surface area contributed by atoms with E-state index >= 15 is 0 Å². The van der Waals surface area contributed by atoms with Gasteiger partial charge in [-0.25, -0.2) is 9.59 Å². The number of amides is 2. The average Bonchev–Trinajstić information content (AvgIpc) is 3.58. The van der Waals surface area contributed by atoms with Gasteiger partial charge in [0.25, 0.3) is 0 Å². The lowest BCUT2D eigenvalue weighted by atomic mass is 10.2. The summed E-state index contributed by atoms with van der Waals surface area (Å²) in [6.07, 6.45) is 2.94. The summed E-state index contributed by atoms with van der Waals surface area (Å²) in [5.74, 6) is 1.14. The van der Waals surface area contributed by atoms with Gasteiger partial charge < -0.3 is 44.2 Å². The quantitative estimate of drug-likeness (QED) is 0.209. The summed E-state index contributed by atoms with van der Waals surface area (Å²) in [4.78, 5) is 32.0. The lowest BCUT2D eigenvalue weighted by Gasteiger charge is -2.24. The summed E-state index contributed by atoms with van der Waals surface area (Å²) in [6.45, 7) is 12.1. The molecule has 4 rings (SSSR count). The Hall–Kier alpha value is -4.38. The van der Waals surface area contributed by atoms with Crippen LogP contribution in [0.4, 0.5) is 9.59 Å². The molecule has 0 aliphatic carbocycles. The number of likely N-dealkylation sites (N-methyl/N-ethyl adjacent to an activating group) is 2. The van der Waals surface area contributed by atoms with Gasteiger partial charge >= 0.3 is 12.2 Å². The number of aliphatic hydroxyl groups excluding tert-OH is 1. The van der Waals surface area contributed by atoms with Crippen molar-refractivity contribution in [1.29, 1.82) is 0 Å². The van der Waals surface area contributed by atoms with Crippen LogP contribution in [0.1, 0.15) is 41.5 Å². The number of nitrogens with one attached hydrogen (secondary N) is 2. The zero-order chi connectivity index (χ0) is 32.2. The van der Waals surface area contributed by atoms with E-state index in [0.29, 0.717) is 25.4 Å². The van der Waals surface area contributed by atoms with Crippen LogP contribution in [0.2, 0.25) is 0 Å². The minimum absolute atomic E-state index is 0.0459. The second-order valence-corrected chi connectivity index (χ2v) is 11.8. The molecule has 0 aliphatic rings. The highest BCUT2D eigenvalue weighted by molar-refractivity contribution is 5.86. The number of aliphatic hydroxyl groups is 1. The maximum Gasteiger partial charge on any atom is 0.410 e. The number of aromatic amines is 2. The topological polar surface area (TPSA) is 140 Å². The lowest BCUT2D eigenvalue weighted by molar-refractivity contribution is 0.0265. The number of hydrogen-bond acceptors (Lipinski definition) is 7. The van der Waals surface area contributed by atoms with E-state index in [1.165, 1.54) is 9.80 Å². The molecular weight excluding hydrogens is 552 g/mol. The maximum atomic E-state index is 11.8. The zero-order valence-corrected chi connectivity index (χ0v) is 26.4. The maximum absolute atomic E-state index is 11.8. The average molecular weight is 599 g/mol. The Balaban J connectivity index is 0.000000248. The first-order valence-electron chi connectivity index (χ1n) is 14.0. The zero-order valence-electron chi connectivity index (χ0n) is 26.4. The molecule has 0 radical (unpaired) electrons. The van der Waals surface area contributed by atoms with Crippen molar-refractivity contribution < 1.29 is 34.0 Å². The minimum Gasteiger partial charge on any atom is -0.507 e. The molecule has 11 heteroatoms. The molecule has 0 saturated carbocycles. The molecule has 2 aromatic carbocycles. The molecule has 2 aromatic heterocycles. The molecule has 0 bridgehead atoms. The third-order valence-corrected chi connectivity index (χ3v) is 5.66. The third-order valence-electron chi connectivity index (χ3n) is 5.66. The molecule has 0 atom stereocenters. The second-order valence-electron chi connectivity index (χ2n) is 11.8. The van der Waals surface area contributed by atoms with E-state index in [-0.39, 0.29) is 12.7 Å². The number of hydrogen-bond donors (Lipinski definition) is 4. The Morgan fingerprint density at radius 2 is 1.23 bits per heavy atom. The third kappa shape index (κ3) is 12.2. The number of carbonyl (C=O) groups excluding carboxylic acids is 2. The number of phenols is 1. The molecule has 236 valence electrons. The summed E-state index contributed by atoms with van der Waals surface area (Å²) < 4.78 is 16.1. The number of carbonyl (C=O) groups is 2. The van der Waals surface area contributed by atoms with E-state index < -0.39 is 17.3 Å². The number of H-pyrrole nitrogens is 2. The number of aromatic hydroxyl groups is 1. The molecule has 0 unspecified atom stereocenters. The minimum atomic E-state index is -0.483. The number of benzene rings is 2. The van der Waals surface area contributed by atoms with Crippen LogP contribution in [0, 0.1) is 0 Å². The summed E-state index contributed by atoms with van der Waals surface area (Å²) in [7, 11) is 3.29.